The number of nitro groups is 1. The molecule has 0 aliphatic rings. The van der Waals surface area contributed by atoms with Gasteiger partial charge in [0.2, 0.25) is 11.0 Å². The van der Waals surface area contributed by atoms with Crippen molar-refractivity contribution in [2.75, 3.05) is 23.9 Å². The van der Waals surface area contributed by atoms with Crippen LogP contribution in [-0.4, -0.2) is 60.3 Å². The highest BCUT2D eigenvalue weighted by Crippen LogP contribution is 2.29. The molecule has 0 aliphatic heterocycles. The van der Waals surface area contributed by atoms with Crippen molar-refractivity contribution in [1.29, 1.82) is 0 Å². The normalized spacial score (nSPS) is 10.8. The van der Waals surface area contributed by atoms with Crippen LogP contribution in [0.4, 0.5) is 10.8 Å². The van der Waals surface area contributed by atoms with Crippen LogP contribution in [0, 0.1) is 17.0 Å². The molecule has 0 fully saturated rings. The first-order valence-corrected chi connectivity index (χ1v) is 14.6. The molecule has 0 unspecified atom stereocenters. The Kier molecular flexibility index (Phi) is 9.68. The van der Waals surface area contributed by atoms with Gasteiger partial charge in [-0.2, -0.15) is 0 Å². The molecule has 0 radical (unpaired) electrons. The predicted octanol–water partition coefficient (Wildman–Crippen LogP) is 4.12. The van der Waals surface area contributed by atoms with Crippen molar-refractivity contribution < 1.29 is 19.2 Å². The number of nitrogens with zero attached hydrogens (tertiary/aromatic N) is 6. The second-order valence-corrected chi connectivity index (χ2v) is 11.4. The SMILES string of the molecule is CCSc1nnc(NC(=O)CSc2nnc(CNC(=O)c3ccc(C)c([N+](=O)[O-])c3)n2-c2ccccc2OC)s1. The van der Waals surface area contributed by atoms with Crippen LogP contribution in [0.25, 0.3) is 5.69 Å². The number of hydrogen-bond donors (Lipinski definition) is 2. The van der Waals surface area contributed by atoms with Crippen molar-refractivity contribution in [3.63, 3.8) is 0 Å². The third-order valence-corrected chi connectivity index (χ3v) is 8.14. The molecule has 13 nitrogen and oxygen atoms in total. The van der Waals surface area contributed by atoms with Crippen LogP contribution in [0.5, 0.6) is 5.75 Å². The van der Waals surface area contributed by atoms with Crippen LogP contribution in [0.1, 0.15) is 28.7 Å². The average Bonchev–Trinajstić information content (AvgIpc) is 3.57. The number of methoxy groups -OCH3 is 1. The molecule has 2 aromatic carbocycles. The second-order valence-electron chi connectivity index (χ2n) is 7.99. The molecule has 2 amide bonds. The zero-order valence-corrected chi connectivity index (χ0v) is 24.1. The molecule has 16 heteroatoms. The summed E-state index contributed by atoms with van der Waals surface area (Å²) in [5, 5.41) is 34.1. The highest BCUT2D eigenvalue weighted by Gasteiger charge is 2.21. The standard InChI is InChI=1S/C24H24N8O5S3/c1-4-38-24-30-28-22(40-24)26-20(33)13-39-23-29-27-19(31(23)16-7-5-6-8-18(16)37-3)12-25-21(34)15-10-9-14(2)17(11-15)32(35)36/h5-11H,4,12-13H2,1-3H3,(H,25,34)(H,26,28,33). The van der Waals surface area contributed by atoms with Gasteiger partial charge in [-0.1, -0.05) is 60.0 Å². The van der Waals surface area contributed by atoms with E-state index >= 15 is 0 Å². The highest BCUT2D eigenvalue weighted by atomic mass is 32.2. The van der Waals surface area contributed by atoms with Crippen molar-refractivity contribution >= 4 is 57.5 Å². The van der Waals surface area contributed by atoms with Gasteiger partial charge in [0.25, 0.3) is 11.6 Å². The van der Waals surface area contributed by atoms with Crippen LogP contribution in [0.2, 0.25) is 0 Å². The van der Waals surface area contributed by atoms with Gasteiger partial charge in [-0.15, -0.1) is 20.4 Å². The zero-order chi connectivity index (χ0) is 28.6. The second kappa shape index (κ2) is 13.4. The van der Waals surface area contributed by atoms with Crippen molar-refractivity contribution in [3.8, 4) is 11.4 Å². The number of para-hydroxylation sites is 2. The molecule has 0 bridgehead atoms. The number of nitrogens with one attached hydrogen (secondary N) is 2. The molecular formula is C24H24N8O5S3. The van der Waals surface area contributed by atoms with E-state index in [4.69, 9.17) is 4.74 Å². The Balaban J connectivity index is 1.53. The third kappa shape index (κ3) is 6.94. The summed E-state index contributed by atoms with van der Waals surface area (Å²) < 4.78 is 7.98. The number of hydrogen-bond acceptors (Lipinski definition) is 12. The fourth-order valence-corrected chi connectivity index (χ4v) is 5.93. The first-order chi connectivity index (χ1) is 19.3. The fourth-order valence-electron chi connectivity index (χ4n) is 3.50. The largest absolute Gasteiger partial charge is 0.495 e. The topological polar surface area (TPSA) is 167 Å². The summed E-state index contributed by atoms with van der Waals surface area (Å²) in [4.78, 5) is 36.2. The van der Waals surface area contributed by atoms with Crippen LogP contribution in [0.3, 0.4) is 0 Å². The number of carbonyl (C=O) groups excluding carboxylic acids is 2. The van der Waals surface area contributed by atoms with Gasteiger partial charge in [0.15, 0.2) is 15.3 Å². The van der Waals surface area contributed by atoms with Gasteiger partial charge in [-0.25, -0.2) is 0 Å². The summed E-state index contributed by atoms with van der Waals surface area (Å²) in [6.45, 7) is 3.57. The number of nitro benzene ring substituents is 1. The Labute approximate surface area is 241 Å². The molecule has 0 saturated heterocycles. The van der Waals surface area contributed by atoms with E-state index in [9.17, 15) is 19.7 Å². The number of carbonyl (C=O) groups is 2. The zero-order valence-electron chi connectivity index (χ0n) is 21.6. The van der Waals surface area contributed by atoms with E-state index in [1.165, 1.54) is 36.6 Å². The maximum Gasteiger partial charge on any atom is 0.273 e. The number of aromatic nitrogens is 5. The maximum atomic E-state index is 12.8. The molecule has 40 heavy (non-hydrogen) atoms. The lowest BCUT2D eigenvalue weighted by atomic mass is 10.1. The third-order valence-electron chi connectivity index (χ3n) is 5.35. The van der Waals surface area contributed by atoms with E-state index < -0.39 is 10.8 Å². The van der Waals surface area contributed by atoms with Crippen LogP contribution in [-0.2, 0) is 11.3 Å². The maximum absolute atomic E-state index is 12.8. The van der Waals surface area contributed by atoms with E-state index in [2.05, 4.69) is 31.0 Å². The molecule has 0 spiro atoms. The number of amides is 2. The first-order valence-electron chi connectivity index (χ1n) is 11.8. The molecule has 0 saturated carbocycles. The van der Waals surface area contributed by atoms with Gasteiger partial charge in [0, 0.05) is 17.2 Å². The monoisotopic (exact) mass is 600 g/mol. The Morgan fingerprint density at radius 1 is 1.12 bits per heavy atom. The minimum Gasteiger partial charge on any atom is -0.495 e. The van der Waals surface area contributed by atoms with Crippen LogP contribution in [0.15, 0.2) is 52.0 Å². The van der Waals surface area contributed by atoms with Crippen LogP contribution < -0.4 is 15.4 Å². The van der Waals surface area contributed by atoms with E-state index in [1.807, 2.05) is 19.1 Å². The summed E-state index contributed by atoms with van der Waals surface area (Å²) in [5.74, 6) is 0.967. The van der Waals surface area contributed by atoms with Gasteiger partial charge in [-0.3, -0.25) is 29.6 Å². The Hall–Kier alpha value is -4.02. The molecule has 208 valence electrons. The van der Waals surface area contributed by atoms with Gasteiger partial charge in [-0.05, 0) is 30.9 Å². The molecule has 4 rings (SSSR count). The molecule has 2 heterocycles. The van der Waals surface area contributed by atoms with Crippen molar-refractivity contribution in [2.45, 2.75) is 29.9 Å². The van der Waals surface area contributed by atoms with Gasteiger partial charge < -0.3 is 10.1 Å². The summed E-state index contributed by atoms with van der Waals surface area (Å²) in [6.07, 6.45) is 0. The highest BCUT2D eigenvalue weighted by molar-refractivity contribution is 8.01. The molecular weight excluding hydrogens is 577 g/mol. The van der Waals surface area contributed by atoms with E-state index in [0.29, 0.717) is 33.1 Å². The average molecular weight is 601 g/mol. The van der Waals surface area contributed by atoms with Crippen LogP contribution >= 0.6 is 34.9 Å². The fraction of sp³-hybridized carbons (Fsp3) is 0.250. The summed E-state index contributed by atoms with van der Waals surface area (Å²) in [7, 11) is 1.53. The predicted molar refractivity (Wildman–Crippen MR) is 153 cm³/mol. The van der Waals surface area contributed by atoms with Crippen molar-refractivity contribution in [2.24, 2.45) is 0 Å². The number of thioether (sulfide) groups is 2. The van der Waals surface area contributed by atoms with Crippen molar-refractivity contribution in [3.05, 3.63) is 69.5 Å². The summed E-state index contributed by atoms with van der Waals surface area (Å²) in [6, 6.07) is 11.5. The van der Waals surface area contributed by atoms with Gasteiger partial charge in [0.1, 0.15) is 5.75 Å². The van der Waals surface area contributed by atoms with Gasteiger partial charge in [0.05, 0.1) is 30.0 Å². The van der Waals surface area contributed by atoms with E-state index in [1.54, 1.807) is 35.4 Å². The Morgan fingerprint density at radius 3 is 2.67 bits per heavy atom. The Morgan fingerprint density at radius 2 is 1.93 bits per heavy atom. The number of anilines is 1. The minimum absolute atomic E-state index is 0.0164. The lowest BCUT2D eigenvalue weighted by Gasteiger charge is -2.14. The number of ether oxygens (including phenoxy) is 1. The number of benzene rings is 2. The number of aryl methyl sites for hydroxylation is 1. The van der Waals surface area contributed by atoms with E-state index in [0.717, 1.165) is 21.9 Å². The lowest BCUT2D eigenvalue weighted by molar-refractivity contribution is -0.385. The first kappa shape index (κ1) is 29.0. The lowest BCUT2D eigenvalue weighted by Crippen LogP contribution is -2.25. The molecule has 2 aromatic heterocycles. The summed E-state index contributed by atoms with van der Waals surface area (Å²) in [5.41, 5.74) is 1.06. The van der Waals surface area contributed by atoms with Gasteiger partial charge >= 0.3 is 0 Å². The minimum atomic E-state index is -0.530. The quantitative estimate of drug-likeness (QED) is 0.104. The van der Waals surface area contributed by atoms with Crippen molar-refractivity contribution in [1.82, 2.24) is 30.3 Å². The molecule has 2 N–H and O–H groups in total. The smallest absolute Gasteiger partial charge is 0.273 e. The number of rotatable bonds is 12. The molecule has 0 atom stereocenters. The summed E-state index contributed by atoms with van der Waals surface area (Å²) >= 11 is 3.99. The molecule has 0 aliphatic carbocycles. The molecule has 4 aromatic rings. The Bertz CT molecular complexity index is 1540. The van der Waals surface area contributed by atoms with E-state index in [-0.39, 0.29) is 29.5 Å².